The van der Waals surface area contributed by atoms with Crippen LogP contribution < -0.4 is 0 Å². The number of nitriles is 1. The molecule has 104 valence electrons. The van der Waals surface area contributed by atoms with E-state index in [0.717, 1.165) is 10.8 Å². The predicted molar refractivity (Wildman–Crippen MR) is 86.2 cm³/mol. The zero-order valence-corrected chi connectivity index (χ0v) is 13.2. The van der Waals surface area contributed by atoms with Crippen LogP contribution in [-0.2, 0) is 10.9 Å². The second-order valence-electron chi connectivity index (χ2n) is 5.42. The van der Waals surface area contributed by atoms with Crippen LogP contribution in [0.2, 0.25) is 0 Å². The lowest BCUT2D eigenvalue weighted by Crippen LogP contribution is -2.24. The third kappa shape index (κ3) is 2.62. The smallest absolute Gasteiger partial charge is 0.163 e. The van der Waals surface area contributed by atoms with Gasteiger partial charge in [-0.15, -0.1) is 0 Å². The summed E-state index contributed by atoms with van der Waals surface area (Å²) in [5.74, 6) is 0.255. The second-order valence-corrected chi connectivity index (χ2v) is 8.49. The molecule has 0 saturated carbocycles. The van der Waals surface area contributed by atoms with Gasteiger partial charge in [0.15, 0.2) is 4.90 Å². The minimum atomic E-state index is 0.0951. The molecule has 0 aliphatic rings. The molecule has 2 aromatic carbocycles. The van der Waals surface area contributed by atoms with E-state index in [1.54, 1.807) is 12.1 Å². The Labute approximate surface area is 123 Å². The van der Waals surface area contributed by atoms with Crippen molar-refractivity contribution in [2.45, 2.75) is 43.1 Å². The molecule has 0 aliphatic heterocycles. The Kier molecular flexibility index (Phi) is 4.25. The highest BCUT2D eigenvalue weighted by Gasteiger charge is 2.32. The number of phenols is 1. The molecule has 0 aliphatic carbocycles. The molecule has 2 nitrogen and oxygen atoms in total. The quantitative estimate of drug-likeness (QED) is 0.859. The van der Waals surface area contributed by atoms with Crippen molar-refractivity contribution in [1.82, 2.24) is 0 Å². The average Bonchev–Trinajstić information content (AvgIpc) is 2.38. The number of rotatable bonds is 3. The largest absolute Gasteiger partial charge is 0.508 e. The van der Waals surface area contributed by atoms with Crippen molar-refractivity contribution in [3.05, 3.63) is 35.9 Å². The Morgan fingerprint density at radius 3 is 2.20 bits per heavy atom. The van der Waals surface area contributed by atoms with Gasteiger partial charge in [0.1, 0.15) is 16.2 Å². The number of hydrogen-bond donors (Lipinski definition) is 1. The van der Waals surface area contributed by atoms with Gasteiger partial charge in [0.05, 0.1) is 11.6 Å². The van der Waals surface area contributed by atoms with Gasteiger partial charge in [0.25, 0.3) is 0 Å². The Hall–Kier alpha value is -1.66. The molecule has 0 aromatic heterocycles. The summed E-state index contributed by atoms with van der Waals surface area (Å²) >= 11 is 0. The molecule has 0 fully saturated rings. The zero-order chi connectivity index (χ0) is 14.9. The van der Waals surface area contributed by atoms with Gasteiger partial charge in [-0.2, -0.15) is 5.26 Å². The normalized spacial score (nSPS) is 11.5. The van der Waals surface area contributed by atoms with E-state index in [1.807, 2.05) is 12.1 Å². The fourth-order valence-electron chi connectivity index (χ4n) is 2.66. The number of benzene rings is 2. The minimum Gasteiger partial charge on any atom is -0.508 e. The van der Waals surface area contributed by atoms with Gasteiger partial charge in [-0.1, -0.05) is 0 Å². The third-order valence-electron chi connectivity index (χ3n) is 3.35. The first-order valence-electron chi connectivity index (χ1n) is 6.83. The number of fused-ring (bicyclic) bond motifs is 1. The van der Waals surface area contributed by atoms with E-state index in [0.29, 0.717) is 16.1 Å². The Morgan fingerprint density at radius 2 is 1.65 bits per heavy atom. The van der Waals surface area contributed by atoms with E-state index in [-0.39, 0.29) is 16.6 Å². The molecule has 0 heterocycles. The number of aromatic hydroxyl groups is 1. The SMILES string of the molecule is CC(C)[S+](c1ccc(C#N)c2ccc(O)cc12)C(C)C. The van der Waals surface area contributed by atoms with Crippen LogP contribution in [0.25, 0.3) is 10.8 Å². The summed E-state index contributed by atoms with van der Waals surface area (Å²) in [6, 6.07) is 11.5. The number of phenolic OH excluding ortho intramolecular Hbond substituents is 1. The van der Waals surface area contributed by atoms with E-state index < -0.39 is 0 Å². The minimum absolute atomic E-state index is 0.0951. The van der Waals surface area contributed by atoms with Crippen molar-refractivity contribution in [2.24, 2.45) is 0 Å². The first-order valence-corrected chi connectivity index (χ1v) is 8.18. The van der Waals surface area contributed by atoms with Crippen LogP contribution in [-0.4, -0.2) is 15.6 Å². The van der Waals surface area contributed by atoms with Crippen LogP contribution in [0.15, 0.2) is 35.2 Å². The van der Waals surface area contributed by atoms with Gasteiger partial charge in [0.2, 0.25) is 0 Å². The number of nitrogens with zero attached hydrogens (tertiary/aromatic N) is 1. The highest BCUT2D eigenvalue weighted by atomic mass is 32.2. The van der Waals surface area contributed by atoms with E-state index in [1.165, 1.54) is 4.90 Å². The fourth-order valence-corrected chi connectivity index (χ4v) is 5.42. The summed E-state index contributed by atoms with van der Waals surface area (Å²) in [4.78, 5) is 1.25. The Morgan fingerprint density at radius 1 is 1.00 bits per heavy atom. The van der Waals surface area contributed by atoms with Crippen LogP contribution in [0.3, 0.4) is 0 Å². The monoisotopic (exact) mass is 286 g/mol. The molecule has 2 rings (SSSR count). The zero-order valence-electron chi connectivity index (χ0n) is 12.3. The second kappa shape index (κ2) is 5.76. The molecule has 1 N–H and O–H groups in total. The first-order chi connectivity index (χ1) is 9.45. The van der Waals surface area contributed by atoms with Gasteiger partial charge in [0, 0.05) is 21.7 Å². The maximum atomic E-state index is 9.80. The highest BCUT2D eigenvalue weighted by molar-refractivity contribution is 7.98. The first kappa shape index (κ1) is 14.7. The van der Waals surface area contributed by atoms with Crippen LogP contribution in [0.1, 0.15) is 33.3 Å². The van der Waals surface area contributed by atoms with E-state index in [9.17, 15) is 10.4 Å². The lowest BCUT2D eigenvalue weighted by molar-refractivity contribution is 0.476. The fraction of sp³-hybridized carbons (Fsp3) is 0.353. The summed E-state index contributed by atoms with van der Waals surface area (Å²) in [5.41, 5.74) is 0.666. The van der Waals surface area contributed by atoms with Gasteiger partial charge in [-0.25, -0.2) is 0 Å². The van der Waals surface area contributed by atoms with Gasteiger partial charge < -0.3 is 5.11 Å². The maximum Gasteiger partial charge on any atom is 0.163 e. The van der Waals surface area contributed by atoms with E-state index in [2.05, 4.69) is 39.8 Å². The molecule has 0 amide bonds. The predicted octanol–water partition coefficient (Wildman–Crippen LogP) is 4.21. The van der Waals surface area contributed by atoms with Crippen molar-refractivity contribution in [3.8, 4) is 11.8 Å². The van der Waals surface area contributed by atoms with Crippen molar-refractivity contribution < 1.29 is 5.11 Å². The summed E-state index contributed by atoms with van der Waals surface area (Å²) in [6.45, 7) is 8.93. The highest BCUT2D eigenvalue weighted by Crippen LogP contribution is 2.33. The molecule has 0 atom stereocenters. The molecule has 0 bridgehead atoms. The molecule has 20 heavy (non-hydrogen) atoms. The van der Waals surface area contributed by atoms with Gasteiger partial charge in [-0.05, 0) is 58.0 Å². The van der Waals surface area contributed by atoms with Crippen LogP contribution in [0.5, 0.6) is 5.75 Å². The van der Waals surface area contributed by atoms with Crippen molar-refractivity contribution in [1.29, 1.82) is 5.26 Å². The van der Waals surface area contributed by atoms with Crippen LogP contribution >= 0.6 is 0 Å². The summed E-state index contributed by atoms with van der Waals surface area (Å²) in [7, 11) is 0.0951. The molecule has 0 spiro atoms. The van der Waals surface area contributed by atoms with E-state index in [4.69, 9.17) is 0 Å². The molecule has 3 heteroatoms. The molecule has 0 saturated heterocycles. The maximum absolute atomic E-state index is 9.80. The summed E-state index contributed by atoms with van der Waals surface area (Å²) in [6.07, 6.45) is 0. The topological polar surface area (TPSA) is 44.0 Å². The number of hydrogen-bond acceptors (Lipinski definition) is 2. The van der Waals surface area contributed by atoms with Gasteiger partial charge >= 0.3 is 0 Å². The molecular formula is C17H20NOS+. The summed E-state index contributed by atoms with van der Waals surface area (Å²) in [5, 5.41) is 22.1. The van der Waals surface area contributed by atoms with Crippen molar-refractivity contribution >= 4 is 21.7 Å². The average molecular weight is 286 g/mol. The lowest BCUT2D eigenvalue weighted by atomic mass is 10.1. The van der Waals surface area contributed by atoms with Gasteiger partial charge in [-0.3, -0.25) is 0 Å². The molecular weight excluding hydrogens is 266 g/mol. The molecule has 2 aromatic rings. The van der Waals surface area contributed by atoms with Crippen molar-refractivity contribution in [2.75, 3.05) is 0 Å². The van der Waals surface area contributed by atoms with Crippen LogP contribution in [0, 0.1) is 11.3 Å². The summed E-state index contributed by atoms with van der Waals surface area (Å²) < 4.78 is 0. The standard InChI is InChI=1S/C17H19NOS/c1-11(2)20(12(3)4)17-8-5-13(10-18)15-7-6-14(19)9-16(15)17/h5-9,11-12H,1-4H3/p+1. The lowest BCUT2D eigenvalue weighted by Gasteiger charge is -2.17. The third-order valence-corrected chi connectivity index (χ3v) is 6.25. The molecule has 0 radical (unpaired) electrons. The Bertz CT molecular complexity index is 662. The van der Waals surface area contributed by atoms with Crippen molar-refractivity contribution in [3.63, 3.8) is 0 Å². The van der Waals surface area contributed by atoms with E-state index >= 15 is 0 Å². The Balaban J connectivity index is 2.77. The molecule has 0 unspecified atom stereocenters. The van der Waals surface area contributed by atoms with Crippen LogP contribution in [0.4, 0.5) is 0 Å².